The number of nitrogens with zero attached hydrogens (tertiary/aromatic N) is 1. The predicted octanol–water partition coefficient (Wildman–Crippen LogP) is 3.33. The lowest BCUT2D eigenvalue weighted by Crippen LogP contribution is -2.61. The Labute approximate surface area is 292 Å². The Bertz CT molecular complexity index is 1470. The third kappa shape index (κ3) is 11.5. The maximum atomic E-state index is 14.3. The van der Waals surface area contributed by atoms with E-state index in [0.29, 0.717) is 24.8 Å². The highest BCUT2D eigenvalue weighted by molar-refractivity contribution is 7.90. The van der Waals surface area contributed by atoms with Crippen LogP contribution in [-0.4, -0.2) is 78.8 Å². The molecule has 1 heterocycles. The molecule has 5 atom stereocenters. The van der Waals surface area contributed by atoms with Crippen LogP contribution in [0, 0.1) is 29.1 Å². The smallest absolute Gasteiger partial charge is 0.315 e. The van der Waals surface area contributed by atoms with E-state index < -0.39 is 68.5 Å². The number of carbonyl (C=O) groups is 5. The van der Waals surface area contributed by atoms with Gasteiger partial charge in [-0.1, -0.05) is 91.6 Å². The number of primary amides is 1. The van der Waals surface area contributed by atoms with E-state index in [1.165, 1.54) is 4.90 Å². The molecule has 2 aliphatic rings. The van der Waals surface area contributed by atoms with Gasteiger partial charge in [0, 0.05) is 6.54 Å². The lowest BCUT2D eigenvalue weighted by molar-refractivity contribution is -0.144. The van der Waals surface area contributed by atoms with Crippen LogP contribution in [0.25, 0.3) is 0 Å². The summed E-state index contributed by atoms with van der Waals surface area (Å²) < 4.78 is 26.6. The number of amides is 5. The van der Waals surface area contributed by atoms with Crippen molar-refractivity contribution in [2.75, 3.05) is 12.3 Å². The number of sulfone groups is 1. The summed E-state index contributed by atoms with van der Waals surface area (Å²) in [6.07, 6.45) is 3.00. The van der Waals surface area contributed by atoms with Gasteiger partial charge in [-0.25, -0.2) is 13.2 Å². The Balaban J connectivity index is 1.83. The maximum Gasteiger partial charge on any atom is 0.315 e. The van der Waals surface area contributed by atoms with Gasteiger partial charge >= 0.3 is 6.03 Å². The summed E-state index contributed by atoms with van der Waals surface area (Å²) in [6, 6.07) is 5.12. The number of benzene rings is 1. The Kier molecular flexibility index (Phi) is 13.1. The zero-order valence-corrected chi connectivity index (χ0v) is 31.2. The van der Waals surface area contributed by atoms with E-state index >= 15 is 0 Å². The van der Waals surface area contributed by atoms with Crippen LogP contribution in [0.5, 0.6) is 0 Å². The second kappa shape index (κ2) is 16.0. The molecule has 3 unspecified atom stereocenters. The molecule has 5 amide bonds. The largest absolute Gasteiger partial charge is 0.363 e. The van der Waals surface area contributed by atoms with Gasteiger partial charge in [0.2, 0.25) is 17.6 Å². The molecule has 0 bridgehead atoms. The fourth-order valence-corrected chi connectivity index (χ4v) is 9.14. The fourth-order valence-electron chi connectivity index (χ4n) is 7.17. The normalized spacial score (nSPS) is 20.7. The second-order valence-electron chi connectivity index (χ2n) is 16.2. The molecule has 0 radical (unpaired) electrons. The van der Waals surface area contributed by atoms with Crippen LogP contribution >= 0.6 is 0 Å². The quantitative estimate of drug-likeness (QED) is 0.190. The molecule has 1 aromatic rings. The summed E-state index contributed by atoms with van der Waals surface area (Å²) in [6.45, 7) is 15.3. The van der Waals surface area contributed by atoms with Crippen LogP contribution in [0.15, 0.2) is 30.3 Å². The first-order valence-corrected chi connectivity index (χ1v) is 19.2. The van der Waals surface area contributed by atoms with Gasteiger partial charge in [-0.3, -0.25) is 19.2 Å². The minimum atomic E-state index is -3.64. The number of carbonyl (C=O) groups excluding carboxylic acids is 5. The summed E-state index contributed by atoms with van der Waals surface area (Å²) >= 11 is 0. The van der Waals surface area contributed by atoms with Crippen LogP contribution in [0.2, 0.25) is 0 Å². The first-order valence-electron chi connectivity index (χ1n) is 17.4. The third-order valence-electron chi connectivity index (χ3n) is 9.47. The Morgan fingerprint density at radius 2 is 1.55 bits per heavy atom. The second-order valence-corrected chi connectivity index (χ2v) is 18.3. The number of Topliss-reactive ketones (excluding diaryl/α,β-unsaturated/α-hetero) is 1. The van der Waals surface area contributed by atoms with Crippen molar-refractivity contribution < 1.29 is 32.4 Å². The molecule has 274 valence electrons. The highest BCUT2D eigenvalue weighted by Crippen LogP contribution is 2.40. The van der Waals surface area contributed by atoms with Crippen molar-refractivity contribution in [3.05, 3.63) is 35.9 Å². The molecular weight excluding hydrogens is 646 g/mol. The van der Waals surface area contributed by atoms with Gasteiger partial charge in [0.1, 0.15) is 12.1 Å². The highest BCUT2D eigenvalue weighted by Gasteiger charge is 2.49. The number of ketones is 1. The molecule has 13 heteroatoms. The Morgan fingerprint density at radius 3 is 2.06 bits per heavy atom. The number of rotatable bonds is 16. The van der Waals surface area contributed by atoms with Crippen molar-refractivity contribution in [3.8, 4) is 0 Å². The first-order chi connectivity index (χ1) is 22.6. The van der Waals surface area contributed by atoms with Crippen molar-refractivity contribution in [1.29, 1.82) is 0 Å². The molecule has 1 saturated carbocycles. The molecule has 3 rings (SSSR count). The van der Waals surface area contributed by atoms with E-state index in [-0.39, 0.29) is 41.7 Å². The van der Waals surface area contributed by atoms with Crippen molar-refractivity contribution in [2.45, 2.75) is 117 Å². The summed E-state index contributed by atoms with van der Waals surface area (Å²) in [5, 5.41) is 8.43. The van der Waals surface area contributed by atoms with E-state index in [1.54, 1.807) is 45.0 Å². The van der Waals surface area contributed by atoms with Gasteiger partial charge < -0.3 is 26.6 Å². The molecule has 1 aliphatic carbocycles. The molecule has 2 fully saturated rings. The van der Waals surface area contributed by atoms with Crippen LogP contribution in [-0.2, 0) is 34.8 Å². The van der Waals surface area contributed by atoms with Crippen molar-refractivity contribution in [2.24, 2.45) is 34.8 Å². The van der Waals surface area contributed by atoms with Crippen LogP contribution in [0.4, 0.5) is 4.79 Å². The topological polar surface area (TPSA) is 185 Å². The highest BCUT2D eigenvalue weighted by atomic mass is 32.2. The monoisotopic (exact) mass is 703 g/mol. The van der Waals surface area contributed by atoms with Gasteiger partial charge in [-0.2, -0.15) is 0 Å². The number of hydrogen-bond donors (Lipinski definition) is 4. The SMILES string of the molecule is CC(C)CC(C)(CS(=O)(=O)Cc1ccccc1)NC(=O)N[C@H](C(=O)N1CCC(C(C)(C)C)[C@H]1C(=O)NC(CC1CC1)C(=O)C(N)=O)C(C)C. The lowest BCUT2D eigenvalue weighted by Gasteiger charge is -2.37. The summed E-state index contributed by atoms with van der Waals surface area (Å²) in [4.78, 5) is 67.8. The van der Waals surface area contributed by atoms with Crippen molar-refractivity contribution in [1.82, 2.24) is 20.9 Å². The number of nitrogens with two attached hydrogens (primary N) is 1. The molecule has 1 aliphatic heterocycles. The number of likely N-dealkylation sites (tertiary alicyclic amines) is 1. The molecule has 49 heavy (non-hydrogen) atoms. The van der Waals surface area contributed by atoms with E-state index in [1.807, 2.05) is 40.7 Å². The summed E-state index contributed by atoms with van der Waals surface area (Å²) in [5.74, 6) is -3.82. The average molecular weight is 704 g/mol. The third-order valence-corrected chi connectivity index (χ3v) is 11.3. The van der Waals surface area contributed by atoms with Gasteiger partial charge in [0.05, 0.1) is 23.1 Å². The zero-order valence-electron chi connectivity index (χ0n) is 30.4. The molecule has 0 spiro atoms. The number of urea groups is 1. The molecule has 5 N–H and O–H groups in total. The lowest BCUT2D eigenvalue weighted by atomic mass is 9.76. The first kappa shape index (κ1) is 40.0. The molecule has 0 aromatic heterocycles. The van der Waals surface area contributed by atoms with Crippen LogP contribution in [0.1, 0.15) is 93.1 Å². The fraction of sp³-hybridized carbons (Fsp3) is 0.694. The van der Waals surface area contributed by atoms with Crippen molar-refractivity contribution in [3.63, 3.8) is 0 Å². The van der Waals surface area contributed by atoms with Gasteiger partial charge in [0.15, 0.2) is 9.84 Å². The van der Waals surface area contributed by atoms with E-state index in [9.17, 15) is 32.4 Å². The zero-order chi connectivity index (χ0) is 36.9. The number of nitrogens with one attached hydrogen (secondary N) is 3. The Hall–Kier alpha value is -3.48. The number of hydrogen-bond acceptors (Lipinski definition) is 7. The van der Waals surface area contributed by atoms with E-state index in [2.05, 4.69) is 16.0 Å². The van der Waals surface area contributed by atoms with Crippen molar-refractivity contribution >= 4 is 39.4 Å². The van der Waals surface area contributed by atoms with Crippen LogP contribution in [0.3, 0.4) is 0 Å². The minimum absolute atomic E-state index is 0.0585. The summed E-state index contributed by atoms with van der Waals surface area (Å²) in [7, 11) is -3.64. The summed E-state index contributed by atoms with van der Waals surface area (Å²) in [5.41, 5.74) is 4.44. The average Bonchev–Trinajstić information content (AvgIpc) is 3.65. The van der Waals surface area contributed by atoms with E-state index in [0.717, 1.165) is 12.8 Å². The van der Waals surface area contributed by atoms with Gasteiger partial charge in [-0.05, 0) is 60.8 Å². The van der Waals surface area contributed by atoms with E-state index in [4.69, 9.17) is 5.73 Å². The predicted molar refractivity (Wildman–Crippen MR) is 189 cm³/mol. The standard InChI is InChI=1S/C36H57N5O7S/c1-22(2)19-36(8,21-49(47,48)20-25-12-10-9-11-13-25)40-34(46)39-28(23(3)4)33(45)41-17-16-26(35(5,6)7)29(41)32(44)38-27(18-24-14-15-24)30(42)31(37)43/h9-13,22-24,26-29H,14-21H2,1-8H3,(H2,37,43)(H,38,44)(H2,39,40,46)/t26?,27?,28-,29-,36?/m0/s1. The van der Waals surface area contributed by atoms with Gasteiger partial charge in [0.25, 0.3) is 5.91 Å². The van der Waals surface area contributed by atoms with Gasteiger partial charge in [-0.15, -0.1) is 0 Å². The minimum Gasteiger partial charge on any atom is -0.363 e. The molecule has 12 nitrogen and oxygen atoms in total. The Morgan fingerprint density at radius 1 is 0.939 bits per heavy atom. The van der Waals surface area contributed by atoms with Crippen LogP contribution < -0.4 is 21.7 Å². The molecule has 1 aromatic carbocycles. The maximum absolute atomic E-state index is 14.3. The molecular formula is C36H57N5O7S. The molecule has 1 saturated heterocycles.